The number of aromatic hydroxyl groups is 1. The van der Waals surface area contributed by atoms with Gasteiger partial charge in [0.25, 0.3) is 5.91 Å². The summed E-state index contributed by atoms with van der Waals surface area (Å²) in [5, 5.41) is 9.46. The van der Waals surface area contributed by atoms with Crippen molar-refractivity contribution < 1.29 is 9.90 Å². The van der Waals surface area contributed by atoms with E-state index in [1.165, 1.54) is 12.5 Å². The number of carbonyl (C=O) groups excluding carboxylic acids is 1. The van der Waals surface area contributed by atoms with Crippen molar-refractivity contribution in [1.82, 2.24) is 4.90 Å². The van der Waals surface area contributed by atoms with Crippen molar-refractivity contribution >= 4 is 5.91 Å². The largest absolute Gasteiger partial charge is 0.508 e. The van der Waals surface area contributed by atoms with Gasteiger partial charge in [-0.1, -0.05) is 18.9 Å². The van der Waals surface area contributed by atoms with E-state index < -0.39 is 0 Å². The molecule has 1 aliphatic rings. The molecule has 0 bridgehead atoms. The molecule has 1 aromatic rings. The predicted octanol–water partition coefficient (Wildman–Crippen LogP) is 1.98. The van der Waals surface area contributed by atoms with Crippen LogP contribution in [0, 0.1) is 5.92 Å². The van der Waals surface area contributed by atoms with Crippen molar-refractivity contribution in [2.45, 2.75) is 31.7 Å². The van der Waals surface area contributed by atoms with Crippen molar-refractivity contribution in [1.29, 1.82) is 0 Å². The van der Waals surface area contributed by atoms with Crippen LogP contribution in [0.1, 0.15) is 36.0 Å². The van der Waals surface area contributed by atoms with E-state index in [1.54, 1.807) is 23.1 Å². The average Bonchev–Trinajstić information content (AvgIpc) is 2.45. The molecular weight excluding hydrogens is 240 g/mol. The van der Waals surface area contributed by atoms with Gasteiger partial charge in [-0.3, -0.25) is 4.79 Å². The normalized spacial score (nSPS) is 23.1. The third-order valence-electron chi connectivity index (χ3n) is 4.08. The van der Waals surface area contributed by atoms with E-state index in [1.807, 2.05) is 7.05 Å². The monoisotopic (exact) mass is 262 g/mol. The van der Waals surface area contributed by atoms with Crippen LogP contribution >= 0.6 is 0 Å². The summed E-state index contributed by atoms with van der Waals surface area (Å²) in [6.45, 7) is 0.627. The summed E-state index contributed by atoms with van der Waals surface area (Å²) in [6.07, 6.45) is 4.47. The maximum atomic E-state index is 12.4. The van der Waals surface area contributed by atoms with Crippen LogP contribution in [0.3, 0.4) is 0 Å². The maximum absolute atomic E-state index is 12.4. The first-order chi connectivity index (χ1) is 9.13. The zero-order valence-electron chi connectivity index (χ0n) is 11.4. The molecule has 104 valence electrons. The summed E-state index contributed by atoms with van der Waals surface area (Å²) in [6, 6.07) is 6.73. The molecule has 3 N–H and O–H groups in total. The molecule has 2 unspecified atom stereocenters. The van der Waals surface area contributed by atoms with Crippen LogP contribution in [-0.2, 0) is 0 Å². The Bertz CT molecular complexity index is 448. The molecule has 1 saturated carbocycles. The van der Waals surface area contributed by atoms with Gasteiger partial charge in [-0.2, -0.15) is 0 Å². The van der Waals surface area contributed by atoms with E-state index >= 15 is 0 Å². The van der Waals surface area contributed by atoms with E-state index in [4.69, 9.17) is 5.73 Å². The Morgan fingerprint density at radius 2 is 2.16 bits per heavy atom. The fourth-order valence-corrected chi connectivity index (χ4v) is 2.97. The molecule has 2 atom stereocenters. The lowest BCUT2D eigenvalue weighted by atomic mass is 9.83. The first-order valence-corrected chi connectivity index (χ1v) is 6.89. The van der Waals surface area contributed by atoms with Gasteiger partial charge in [0.2, 0.25) is 0 Å². The third-order valence-corrected chi connectivity index (χ3v) is 4.08. The standard InChI is InChI=1S/C15H22N2O2/c1-17(14-8-3-2-5-12(14)10-16)15(19)11-6-4-7-13(18)9-11/h4,6-7,9,12,14,18H,2-3,5,8,10,16H2,1H3. The minimum Gasteiger partial charge on any atom is -0.508 e. The predicted molar refractivity (Wildman–Crippen MR) is 75.0 cm³/mol. The fourth-order valence-electron chi connectivity index (χ4n) is 2.97. The number of amides is 1. The first kappa shape index (κ1) is 13.9. The number of hydrogen-bond donors (Lipinski definition) is 2. The van der Waals surface area contributed by atoms with Crippen LogP contribution in [0.25, 0.3) is 0 Å². The fraction of sp³-hybridized carbons (Fsp3) is 0.533. The molecule has 2 rings (SSSR count). The zero-order chi connectivity index (χ0) is 13.8. The molecule has 1 fully saturated rings. The lowest BCUT2D eigenvalue weighted by Gasteiger charge is -2.37. The highest BCUT2D eigenvalue weighted by molar-refractivity contribution is 5.94. The molecular formula is C15H22N2O2. The highest BCUT2D eigenvalue weighted by Crippen LogP contribution is 2.28. The lowest BCUT2D eigenvalue weighted by molar-refractivity contribution is 0.0620. The molecule has 1 aliphatic carbocycles. The summed E-state index contributed by atoms with van der Waals surface area (Å²) in [5.41, 5.74) is 6.35. The molecule has 0 aliphatic heterocycles. The number of rotatable bonds is 3. The minimum absolute atomic E-state index is 0.0405. The molecule has 0 heterocycles. The summed E-state index contributed by atoms with van der Waals surface area (Å²) in [7, 11) is 1.84. The van der Waals surface area contributed by atoms with Gasteiger partial charge >= 0.3 is 0 Å². The average molecular weight is 262 g/mol. The van der Waals surface area contributed by atoms with Crippen LogP contribution in [-0.4, -0.2) is 35.5 Å². The summed E-state index contributed by atoms with van der Waals surface area (Å²) in [4.78, 5) is 14.2. The van der Waals surface area contributed by atoms with Gasteiger partial charge in [0.05, 0.1) is 0 Å². The molecule has 19 heavy (non-hydrogen) atoms. The summed E-state index contributed by atoms with van der Waals surface area (Å²) >= 11 is 0. The van der Waals surface area contributed by atoms with Crippen molar-refractivity contribution in [3.05, 3.63) is 29.8 Å². The SMILES string of the molecule is CN(C(=O)c1cccc(O)c1)C1CCCCC1CN. The Labute approximate surface area is 114 Å². The Balaban J connectivity index is 2.13. The van der Waals surface area contributed by atoms with Crippen molar-refractivity contribution in [3.8, 4) is 5.75 Å². The van der Waals surface area contributed by atoms with E-state index in [-0.39, 0.29) is 17.7 Å². The van der Waals surface area contributed by atoms with Crippen molar-refractivity contribution in [2.75, 3.05) is 13.6 Å². The van der Waals surface area contributed by atoms with Gasteiger partial charge < -0.3 is 15.7 Å². The van der Waals surface area contributed by atoms with Crippen LogP contribution in [0.15, 0.2) is 24.3 Å². The molecule has 1 amide bonds. The van der Waals surface area contributed by atoms with Crippen LogP contribution in [0.5, 0.6) is 5.75 Å². The van der Waals surface area contributed by atoms with Crippen LogP contribution in [0.4, 0.5) is 0 Å². The van der Waals surface area contributed by atoms with Crippen molar-refractivity contribution in [2.24, 2.45) is 11.7 Å². The van der Waals surface area contributed by atoms with Gasteiger partial charge in [0.15, 0.2) is 0 Å². The smallest absolute Gasteiger partial charge is 0.253 e. The number of nitrogens with two attached hydrogens (primary N) is 1. The molecule has 0 saturated heterocycles. The Morgan fingerprint density at radius 1 is 1.42 bits per heavy atom. The number of nitrogens with zero attached hydrogens (tertiary/aromatic N) is 1. The van der Waals surface area contributed by atoms with Crippen molar-refractivity contribution in [3.63, 3.8) is 0 Å². The third kappa shape index (κ3) is 3.07. The van der Waals surface area contributed by atoms with Gasteiger partial charge in [-0.15, -0.1) is 0 Å². The van der Waals surface area contributed by atoms with E-state index in [0.717, 1.165) is 19.3 Å². The highest BCUT2D eigenvalue weighted by atomic mass is 16.3. The lowest BCUT2D eigenvalue weighted by Crippen LogP contribution is -2.45. The Morgan fingerprint density at radius 3 is 2.84 bits per heavy atom. The van der Waals surface area contributed by atoms with E-state index in [9.17, 15) is 9.90 Å². The molecule has 0 radical (unpaired) electrons. The summed E-state index contributed by atoms with van der Waals surface area (Å²) < 4.78 is 0. The van der Waals surface area contributed by atoms with E-state index in [0.29, 0.717) is 18.0 Å². The van der Waals surface area contributed by atoms with Gasteiger partial charge in [0.1, 0.15) is 5.75 Å². The highest BCUT2D eigenvalue weighted by Gasteiger charge is 2.30. The van der Waals surface area contributed by atoms with Gasteiger partial charge in [-0.25, -0.2) is 0 Å². The number of phenols is 1. The first-order valence-electron chi connectivity index (χ1n) is 6.89. The molecule has 0 aromatic heterocycles. The second-order valence-electron chi connectivity index (χ2n) is 5.31. The number of hydrogen-bond acceptors (Lipinski definition) is 3. The van der Waals surface area contributed by atoms with Crippen LogP contribution < -0.4 is 5.73 Å². The van der Waals surface area contributed by atoms with Gasteiger partial charge in [0, 0.05) is 18.7 Å². The Kier molecular flexibility index (Phi) is 4.43. The molecule has 4 nitrogen and oxygen atoms in total. The van der Waals surface area contributed by atoms with E-state index in [2.05, 4.69) is 0 Å². The molecule has 0 spiro atoms. The maximum Gasteiger partial charge on any atom is 0.253 e. The summed E-state index contributed by atoms with van der Waals surface area (Å²) in [5.74, 6) is 0.472. The van der Waals surface area contributed by atoms with Crippen LogP contribution in [0.2, 0.25) is 0 Å². The molecule has 4 heteroatoms. The minimum atomic E-state index is -0.0405. The quantitative estimate of drug-likeness (QED) is 0.875. The number of benzene rings is 1. The topological polar surface area (TPSA) is 66.6 Å². The second kappa shape index (κ2) is 6.06. The second-order valence-corrected chi connectivity index (χ2v) is 5.31. The number of phenolic OH excluding ortho intramolecular Hbond substituents is 1. The molecule has 1 aromatic carbocycles. The zero-order valence-corrected chi connectivity index (χ0v) is 11.4. The Hall–Kier alpha value is -1.55. The van der Waals surface area contributed by atoms with Gasteiger partial charge in [-0.05, 0) is 43.5 Å². The number of carbonyl (C=O) groups is 1.